The summed E-state index contributed by atoms with van der Waals surface area (Å²) in [6, 6.07) is 14.4. The number of nitrogens with one attached hydrogen (secondary N) is 1. The molecule has 0 radical (unpaired) electrons. The van der Waals surface area contributed by atoms with Crippen LogP contribution in [0.3, 0.4) is 0 Å². The smallest absolute Gasteiger partial charge is 0.243 e. The Morgan fingerprint density at radius 1 is 1.00 bits per heavy atom. The Kier molecular flexibility index (Phi) is 11.9. The zero-order valence-corrected chi connectivity index (χ0v) is 24.1. The first kappa shape index (κ1) is 30.6. The maximum absolute atomic E-state index is 13.5. The number of hydrogen-bond acceptors (Lipinski definition) is 4. The van der Waals surface area contributed by atoms with Gasteiger partial charge in [0.25, 0.3) is 0 Å². The predicted octanol–water partition coefficient (Wildman–Crippen LogP) is 4.96. The second-order valence-electron chi connectivity index (χ2n) is 9.39. The highest BCUT2D eigenvalue weighted by atomic mass is 35.5. The zero-order valence-electron chi connectivity index (χ0n) is 22.5. The summed E-state index contributed by atoms with van der Waals surface area (Å²) in [6.07, 6.45) is 3.48. The summed E-state index contributed by atoms with van der Waals surface area (Å²) in [4.78, 5) is 28.2. The lowest BCUT2D eigenvalue weighted by atomic mass is 10.1. The molecule has 2 rings (SSSR count). The van der Waals surface area contributed by atoms with Crippen LogP contribution in [0.1, 0.15) is 57.6 Å². The van der Waals surface area contributed by atoms with Gasteiger partial charge in [0.05, 0.1) is 11.9 Å². The van der Waals surface area contributed by atoms with Gasteiger partial charge in [0.1, 0.15) is 6.04 Å². The predicted molar refractivity (Wildman–Crippen MR) is 151 cm³/mol. The molecule has 2 amide bonds. The molecule has 2 atom stereocenters. The van der Waals surface area contributed by atoms with Gasteiger partial charge in [-0.15, -0.1) is 0 Å². The second kappa shape index (κ2) is 14.4. The minimum atomic E-state index is -3.59. The van der Waals surface area contributed by atoms with Crippen LogP contribution in [0.2, 0.25) is 5.02 Å². The van der Waals surface area contributed by atoms with Crippen LogP contribution in [0.4, 0.5) is 5.69 Å². The molecule has 7 nitrogen and oxygen atoms in total. The molecule has 2 aromatic rings. The van der Waals surface area contributed by atoms with E-state index in [2.05, 4.69) is 5.32 Å². The number of anilines is 1. The normalized spacial score (nSPS) is 13.0. The summed E-state index contributed by atoms with van der Waals surface area (Å²) in [6.45, 7) is 8.15. The first-order valence-corrected chi connectivity index (χ1v) is 15.1. The number of hydrogen-bond donors (Lipinski definition) is 1. The number of carbonyl (C=O) groups excluding carboxylic acids is 2. The number of halogens is 1. The lowest BCUT2D eigenvalue weighted by Crippen LogP contribution is -2.51. The molecule has 0 unspecified atom stereocenters. The molecule has 0 aliphatic rings. The van der Waals surface area contributed by atoms with Gasteiger partial charge in [-0.05, 0) is 62.8 Å². The van der Waals surface area contributed by atoms with Gasteiger partial charge in [-0.25, -0.2) is 8.42 Å². The van der Waals surface area contributed by atoms with E-state index < -0.39 is 16.1 Å². The molecule has 0 spiro atoms. The summed E-state index contributed by atoms with van der Waals surface area (Å²) in [5, 5.41) is 3.49. The summed E-state index contributed by atoms with van der Waals surface area (Å²) >= 11 is 6.23. The lowest BCUT2D eigenvalue weighted by Gasteiger charge is -2.32. The molecule has 9 heteroatoms. The number of amides is 2. The first-order chi connectivity index (χ1) is 17.5. The molecule has 0 fully saturated rings. The highest BCUT2D eigenvalue weighted by Crippen LogP contribution is 2.28. The van der Waals surface area contributed by atoms with E-state index in [0.29, 0.717) is 42.1 Å². The van der Waals surface area contributed by atoms with Crippen molar-refractivity contribution in [2.45, 2.75) is 71.9 Å². The van der Waals surface area contributed by atoms with Crippen LogP contribution in [0.5, 0.6) is 0 Å². The molecule has 37 heavy (non-hydrogen) atoms. The van der Waals surface area contributed by atoms with Gasteiger partial charge in [-0.3, -0.25) is 13.9 Å². The van der Waals surface area contributed by atoms with Crippen molar-refractivity contribution in [3.05, 3.63) is 64.7 Å². The van der Waals surface area contributed by atoms with Crippen molar-refractivity contribution in [3.8, 4) is 0 Å². The summed E-state index contributed by atoms with van der Waals surface area (Å²) in [5.41, 5.74) is 2.25. The number of nitrogens with zero attached hydrogens (tertiary/aromatic N) is 2. The zero-order chi connectivity index (χ0) is 27.6. The fraction of sp³-hybridized carbons (Fsp3) is 0.500. The van der Waals surface area contributed by atoms with E-state index in [9.17, 15) is 18.0 Å². The van der Waals surface area contributed by atoms with Gasteiger partial charge < -0.3 is 10.2 Å². The average Bonchev–Trinajstić information content (AvgIpc) is 2.86. The number of sulfonamides is 1. The van der Waals surface area contributed by atoms with Gasteiger partial charge in [-0.1, -0.05) is 61.8 Å². The van der Waals surface area contributed by atoms with Crippen molar-refractivity contribution < 1.29 is 18.0 Å². The van der Waals surface area contributed by atoms with Gasteiger partial charge in [0.2, 0.25) is 21.8 Å². The van der Waals surface area contributed by atoms with Crippen LogP contribution in [0.15, 0.2) is 48.5 Å². The number of rotatable bonds is 14. The third-order valence-electron chi connectivity index (χ3n) is 6.53. The van der Waals surface area contributed by atoms with Crippen LogP contribution in [0.25, 0.3) is 0 Å². The molecule has 0 aromatic heterocycles. The maximum Gasteiger partial charge on any atom is 0.243 e. The van der Waals surface area contributed by atoms with Crippen molar-refractivity contribution in [2.24, 2.45) is 0 Å². The number of benzene rings is 2. The minimum Gasteiger partial charge on any atom is -0.352 e. The van der Waals surface area contributed by atoms with E-state index in [1.54, 1.807) is 30.0 Å². The van der Waals surface area contributed by atoms with Gasteiger partial charge in [0.15, 0.2) is 0 Å². The Morgan fingerprint density at radius 3 is 2.27 bits per heavy atom. The molecular weight excluding hydrogens is 510 g/mol. The van der Waals surface area contributed by atoms with E-state index in [1.165, 1.54) is 4.31 Å². The molecule has 204 valence electrons. The third kappa shape index (κ3) is 9.04. The highest BCUT2D eigenvalue weighted by molar-refractivity contribution is 7.92. The largest absolute Gasteiger partial charge is 0.352 e. The van der Waals surface area contributed by atoms with Crippen LogP contribution in [-0.2, 0) is 26.0 Å². The highest BCUT2D eigenvalue weighted by Gasteiger charge is 2.29. The Bertz CT molecular complexity index is 1140. The van der Waals surface area contributed by atoms with Crippen LogP contribution in [-0.4, -0.2) is 56.6 Å². The Labute approximate surface area is 227 Å². The monoisotopic (exact) mass is 549 g/mol. The topological polar surface area (TPSA) is 86.8 Å². The molecular formula is C28H40ClN3O4S. The Hall–Kier alpha value is -2.58. The van der Waals surface area contributed by atoms with Crippen molar-refractivity contribution in [1.29, 1.82) is 0 Å². The summed E-state index contributed by atoms with van der Waals surface area (Å²) in [5.74, 6) is -0.330. The Balaban J connectivity index is 2.20. The van der Waals surface area contributed by atoms with E-state index in [0.717, 1.165) is 18.2 Å². The van der Waals surface area contributed by atoms with Crippen LogP contribution < -0.4 is 9.62 Å². The molecule has 1 N–H and O–H groups in total. The SMILES string of the molecule is CC[C@@H](C)NC(=O)[C@@H](CC)N(CCc1ccccc1)C(=O)CCCN(c1cccc(Cl)c1C)S(C)(=O)=O. The summed E-state index contributed by atoms with van der Waals surface area (Å²) < 4.78 is 26.4. The van der Waals surface area contributed by atoms with Crippen molar-refractivity contribution >= 4 is 39.1 Å². The van der Waals surface area contributed by atoms with E-state index in [4.69, 9.17) is 11.6 Å². The minimum absolute atomic E-state index is 0.0110. The van der Waals surface area contributed by atoms with Crippen molar-refractivity contribution in [3.63, 3.8) is 0 Å². The average molecular weight is 550 g/mol. The van der Waals surface area contributed by atoms with Gasteiger partial charge >= 0.3 is 0 Å². The molecule has 0 saturated carbocycles. The molecule has 0 aliphatic heterocycles. The summed E-state index contributed by atoms with van der Waals surface area (Å²) in [7, 11) is -3.59. The van der Waals surface area contributed by atoms with E-state index in [-0.39, 0.29) is 30.8 Å². The van der Waals surface area contributed by atoms with E-state index in [1.807, 2.05) is 51.1 Å². The quantitative estimate of drug-likeness (QED) is 0.361. The molecule has 0 aliphatic carbocycles. The molecule has 0 heterocycles. The molecule has 2 aromatic carbocycles. The van der Waals surface area contributed by atoms with Crippen LogP contribution in [0, 0.1) is 6.92 Å². The second-order valence-corrected chi connectivity index (χ2v) is 11.7. The Morgan fingerprint density at radius 2 is 1.68 bits per heavy atom. The van der Waals surface area contributed by atoms with Gasteiger partial charge in [0, 0.05) is 30.6 Å². The van der Waals surface area contributed by atoms with Gasteiger partial charge in [-0.2, -0.15) is 0 Å². The fourth-order valence-corrected chi connectivity index (χ4v) is 5.37. The van der Waals surface area contributed by atoms with E-state index >= 15 is 0 Å². The lowest BCUT2D eigenvalue weighted by molar-refractivity contribution is -0.141. The third-order valence-corrected chi connectivity index (χ3v) is 8.12. The standard InChI is InChI=1S/C28H40ClN3O4S/c1-6-21(3)30-28(34)25(7-2)31(20-18-23-13-9-8-10-14-23)27(33)17-12-19-32(37(5,35)36)26-16-11-15-24(29)22(26)4/h8-11,13-16,21,25H,6-7,12,17-20H2,1-5H3,(H,30,34)/t21-,25-/m1/s1. The fourth-order valence-electron chi connectivity index (χ4n) is 4.19. The maximum atomic E-state index is 13.5. The number of carbonyl (C=O) groups is 2. The molecule has 0 bridgehead atoms. The first-order valence-electron chi connectivity index (χ1n) is 12.9. The van der Waals surface area contributed by atoms with Crippen molar-refractivity contribution in [2.75, 3.05) is 23.7 Å². The van der Waals surface area contributed by atoms with Crippen LogP contribution >= 0.6 is 11.6 Å². The molecule has 0 saturated heterocycles. The van der Waals surface area contributed by atoms with Crippen molar-refractivity contribution in [1.82, 2.24) is 10.2 Å².